The highest BCUT2D eigenvalue weighted by molar-refractivity contribution is 4.96. The molecule has 3 rings (SSSR count). The van der Waals surface area contributed by atoms with E-state index in [2.05, 4.69) is 10.2 Å². The summed E-state index contributed by atoms with van der Waals surface area (Å²) in [7, 11) is 0. The van der Waals surface area contributed by atoms with Gasteiger partial charge in [0.05, 0.1) is 19.8 Å². The van der Waals surface area contributed by atoms with Crippen molar-refractivity contribution >= 4 is 0 Å². The van der Waals surface area contributed by atoms with Crippen molar-refractivity contribution in [1.82, 2.24) is 10.2 Å². The van der Waals surface area contributed by atoms with Gasteiger partial charge in [0.1, 0.15) is 0 Å². The quantitative estimate of drug-likeness (QED) is 0.806. The van der Waals surface area contributed by atoms with Gasteiger partial charge in [-0.3, -0.25) is 4.90 Å². The Morgan fingerprint density at radius 3 is 2.33 bits per heavy atom. The number of nitrogens with zero attached hydrogens (tertiary/aromatic N) is 1. The lowest BCUT2D eigenvalue weighted by Gasteiger charge is -2.46. The predicted octanol–water partition coefficient (Wildman–Crippen LogP) is 2.18. The Hall–Kier alpha value is -0.160. The van der Waals surface area contributed by atoms with Crippen molar-refractivity contribution in [3.05, 3.63) is 0 Å². The van der Waals surface area contributed by atoms with Crippen molar-refractivity contribution in [1.29, 1.82) is 0 Å². The van der Waals surface area contributed by atoms with E-state index in [1.54, 1.807) is 0 Å². The summed E-state index contributed by atoms with van der Waals surface area (Å²) in [6.45, 7) is 7.04. The largest absolute Gasteiger partial charge is 0.380 e. The van der Waals surface area contributed by atoms with Gasteiger partial charge in [-0.2, -0.15) is 0 Å². The Kier molecular flexibility index (Phi) is 5.92. The fourth-order valence-corrected chi connectivity index (χ4v) is 4.27. The molecule has 0 amide bonds. The normalized spacial score (nSPS) is 31.7. The fraction of sp³-hybridized carbons (Fsp3) is 1.00. The molecule has 21 heavy (non-hydrogen) atoms. The zero-order valence-corrected chi connectivity index (χ0v) is 13.4. The molecule has 0 aromatic carbocycles. The Morgan fingerprint density at radius 1 is 0.905 bits per heavy atom. The third-order valence-electron chi connectivity index (χ3n) is 5.60. The zero-order valence-electron chi connectivity index (χ0n) is 13.4. The molecular weight excluding hydrogens is 264 g/mol. The van der Waals surface area contributed by atoms with E-state index < -0.39 is 0 Å². The molecule has 0 bridgehead atoms. The number of ether oxygens (including phenoxy) is 2. The summed E-state index contributed by atoms with van der Waals surface area (Å²) in [5.41, 5.74) is 0.373. The first-order valence-electron chi connectivity index (χ1n) is 9.03. The molecule has 1 aliphatic carbocycles. The molecule has 1 unspecified atom stereocenters. The lowest BCUT2D eigenvalue weighted by atomic mass is 9.87. The van der Waals surface area contributed by atoms with Crippen LogP contribution >= 0.6 is 0 Å². The number of morpholine rings is 1. The zero-order chi connectivity index (χ0) is 14.4. The van der Waals surface area contributed by atoms with Crippen LogP contribution in [-0.2, 0) is 9.47 Å². The van der Waals surface area contributed by atoms with Gasteiger partial charge in [0.15, 0.2) is 0 Å². The van der Waals surface area contributed by atoms with Crippen LogP contribution in [0.2, 0.25) is 0 Å². The van der Waals surface area contributed by atoms with E-state index in [9.17, 15) is 0 Å². The average Bonchev–Trinajstić information content (AvgIpc) is 2.81. The first-order chi connectivity index (χ1) is 10.4. The molecule has 2 heterocycles. The van der Waals surface area contributed by atoms with E-state index in [4.69, 9.17) is 9.47 Å². The number of rotatable bonds is 4. The number of nitrogens with one attached hydrogen (secondary N) is 1. The summed E-state index contributed by atoms with van der Waals surface area (Å²) in [5, 5.41) is 3.85. The maximum atomic E-state index is 5.63. The second kappa shape index (κ2) is 7.91. The topological polar surface area (TPSA) is 33.7 Å². The van der Waals surface area contributed by atoms with Gasteiger partial charge >= 0.3 is 0 Å². The number of hydrogen-bond donors (Lipinski definition) is 1. The van der Waals surface area contributed by atoms with E-state index in [1.807, 2.05) is 0 Å². The molecule has 1 N–H and O–H groups in total. The average molecular weight is 296 g/mol. The van der Waals surface area contributed by atoms with Crippen LogP contribution in [0, 0.1) is 0 Å². The highest BCUT2D eigenvalue weighted by Gasteiger charge is 2.38. The molecule has 3 fully saturated rings. The van der Waals surface area contributed by atoms with Crippen LogP contribution in [0.3, 0.4) is 0 Å². The first kappa shape index (κ1) is 15.7. The van der Waals surface area contributed by atoms with Crippen molar-refractivity contribution in [2.24, 2.45) is 0 Å². The highest BCUT2D eigenvalue weighted by atomic mass is 16.5. The van der Waals surface area contributed by atoms with Gasteiger partial charge in [-0.1, -0.05) is 25.7 Å². The molecule has 1 saturated carbocycles. The van der Waals surface area contributed by atoms with Gasteiger partial charge in [0.25, 0.3) is 0 Å². The van der Waals surface area contributed by atoms with E-state index in [0.29, 0.717) is 11.6 Å². The summed E-state index contributed by atoms with van der Waals surface area (Å²) in [5.74, 6) is 0. The Balaban J connectivity index is 1.62. The predicted molar refractivity (Wildman–Crippen MR) is 84.7 cm³/mol. The van der Waals surface area contributed by atoms with Crippen LogP contribution < -0.4 is 5.32 Å². The molecule has 0 spiro atoms. The third-order valence-corrected chi connectivity index (χ3v) is 5.60. The van der Waals surface area contributed by atoms with Crippen LogP contribution in [0.5, 0.6) is 0 Å². The van der Waals surface area contributed by atoms with Crippen molar-refractivity contribution in [2.45, 2.75) is 62.9 Å². The van der Waals surface area contributed by atoms with Gasteiger partial charge < -0.3 is 14.8 Å². The monoisotopic (exact) mass is 296 g/mol. The summed E-state index contributed by atoms with van der Waals surface area (Å²) < 4.78 is 11.2. The molecule has 2 saturated heterocycles. The first-order valence-corrected chi connectivity index (χ1v) is 9.03. The molecule has 2 aliphatic heterocycles. The van der Waals surface area contributed by atoms with Crippen LogP contribution in [0.1, 0.15) is 51.4 Å². The van der Waals surface area contributed by atoms with Gasteiger partial charge in [0.2, 0.25) is 0 Å². The minimum atomic E-state index is 0.373. The standard InChI is InChI=1S/C17H32N2O2/c1-2-4-8-17(7-3-1,19-9-12-20-13-10-19)15-18-16-6-5-11-21-14-16/h16,18H,1-15H2. The molecule has 0 aromatic heterocycles. The molecule has 4 heteroatoms. The summed E-state index contributed by atoms with van der Waals surface area (Å²) in [4.78, 5) is 2.73. The Morgan fingerprint density at radius 2 is 1.67 bits per heavy atom. The smallest absolute Gasteiger partial charge is 0.0619 e. The molecule has 4 nitrogen and oxygen atoms in total. The lowest BCUT2D eigenvalue weighted by molar-refractivity contribution is -0.0319. The molecule has 0 radical (unpaired) electrons. The molecule has 122 valence electrons. The van der Waals surface area contributed by atoms with E-state index in [-0.39, 0.29) is 0 Å². The van der Waals surface area contributed by atoms with Gasteiger partial charge in [-0.25, -0.2) is 0 Å². The van der Waals surface area contributed by atoms with Crippen molar-refractivity contribution < 1.29 is 9.47 Å². The van der Waals surface area contributed by atoms with Gasteiger partial charge in [-0.05, 0) is 25.7 Å². The Bertz CT molecular complexity index is 291. The van der Waals surface area contributed by atoms with Crippen LogP contribution in [0.25, 0.3) is 0 Å². The third kappa shape index (κ3) is 4.19. The maximum Gasteiger partial charge on any atom is 0.0619 e. The minimum absolute atomic E-state index is 0.373. The summed E-state index contributed by atoms with van der Waals surface area (Å²) in [6.07, 6.45) is 10.8. The summed E-state index contributed by atoms with van der Waals surface area (Å²) in [6, 6.07) is 0.569. The fourth-order valence-electron chi connectivity index (χ4n) is 4.27. The Labute approximate surface area is 129 Å². The minimum Gasteiger partial charge on any atom is -0.380 e. The maximum absolute atomic E-state index is 5.63. The summed E-state index contributed by atoms with van der Waals surface area (Å²) >= 11 is 0. The van der Waals surface area contributed by atoms with Crippen LogP contribution in [0.15, 0.2) is 0 Å². The van der Waals surface area contributed by atoms with E-state index in [0.717, 1.165) is 46.1 Å². The molecule has 1 atom stereocenters. The van der Waals surface area contributed by atoms with Gasteiger partial charge in [-0.15, -0.1) is 0 Å². The van der Waals surface area contributed by atoms with Crippen molar-refractivity contribution in [3.63, 3.8) is 0 Å². The second-order valence-corrected chi connectivity index (χ2v) is 7.03. The number of hydrogen-bond acceptors (Lipinski definition) is 4. The van der Waals surface area contributed by atoms with Gasteiger partial charge in [0, 0.05) is 37.8 Å². The second-order valence-electron chi connectivity index (χ2n) is 7.03. The molecular formula is C17H32N2O2. The van der Waals surface area contributed by atoms with E-state index in [1.165, 1.54) is 51.4 Å². The van der Waals surface area contributed by atoms with Crippen LogP contribution in [0.4, 0.5) is 0 Å². The van der Waals surface area contributed by atoms with E-state index >= 15 is 0 Å². The lowest BCUT2D eigenvalue weighted by Crippen LogP contribution is -2.59. The SMILES string of the molecule is C1CCCC(CNC2CCCOC2)(N2CCOCC2)CC1. The van der Waals surface area contributed by atoms with Crippen LogP contribution in [-0.4, -0.2) is 62.5 Å². The molecule has 3 aliphatic rings. The van der Waals surface area contributed by atoms with Crippen molar-refractivity contribution in [2.75, 3.05) is 46.1 Å². The highest BCUT2D eigenvalue weighted by Crippen LogP contribution is 2.33. The molecule has 0 aromatic rings. The van der Waals surface area contributed by atoms with Crippen molar-refractivity contribution in [3.8, 4) is 0 Å².